The first kappa shape index (κ1) is 13.6. The number of carbonyl (C=O) groups is 1. The van der Waals surface area contributed by atoms with Crippen LogP contribution in [0.15, 0.2) is 30.0 Å². The van der Waals surface area contributed by atoms with Gasteiger partial charge in [-0.3, -0.25) is 4.79 Å². The maximum absolute atomic E-state index is 10.6. The third kappa shape index (κ3) is 7.08. The first-order chi connectivity index (χ1) is 5.74. The minimum atomic E-state index is -0.177. The molecule has 4 heteroatoms. The van der Waals surface area contributed by atoms with Gasteiger partial charge in [-0.2, -0.15) is 12.6 Å². The molecule has 0 aromatic heterocycles. The van der Waals surface area contributed by atoms with Crippen molar-refractivity contribution in [3.05, 3.63) is 25.1 Å². The molecule has 0 bridgehead atoms. The fourth-order valence-electron chi connectivity index (χ4n) is 0.385. The zero-order chi connectivity index (χ0) is 9.98. The van der Waals surface area contributed by atoms with Crippen LogP contribution in [0.2, 0.25) is 0 Å². The Balaban J connectivity index is -0.000000309. The minimum Gasteiger partial charge on any atom is -0.310 e. The van der Waals surface area contributed by atoms with E-state index in [0.717, 1.165) is 0 Å². The number of allylic oxidation sites excluding steroid dienone is 1. The Bertz CT molecular complexity index is 183. The molecule has 0 atom stereocenters. The summed E-state index contributed by atoms with van der Waals surface area (Å²) in [6, 6.07) is 0. The van der Waals surface area contributed by atoms with E-state index in [1.165, 1.54) is 0 Å². The molecule has 0 heterocycles. The summed E-state index contributed by atoms with van der Waals surface area (Å²) in [4.78, 5) is 14.2. The van der Waals surface area contributed by atoms with Crippen molar-refractivity contribution >= 4 is 25.3 Å². The molecule has 0 unspecified atom stereocenters. The summed E-state index contributed by atoms with van der Waals surface area (Å²) < 4.78 is 0. The Hall–Kier alpha value is -1.03. The van der Waals surface area contributed by atoms with E-state index < -0.39 is 0 Å². The third-order valence-corrected chi connectivity index (χ3v) is 1.14. The van der Waals surface area contributed by atoms with Crippen molar-refractivity contribution in [2.75, 3.05) is 5.75 Å². The van der Waals surface area contributed by atoms with Crippen LogP contribution in [0.25, 0.3) is 0 Å². The Kier molecular flexibility index (Phi) is 11.3. The van der Waals surface area contributed by atoms with Crippen molar-refractivity contribution in [1.82, 2.24) is 5.32 Å². The number of hydrogen-bond donors (Lipinski definition) is 2. The van der Waals surface area contributed by atoms with E-state index in [-0.39, 0.29) is 13.1 Å². The zero-order valence-electron chi connectivity index (χ0n) is 7.21. The summed E-state index contributed by atoms with van der Waals surface area (Å²) in [5.41, 5.74) is 0. The van der Waals surface area contributed by atoms with Crippen LogP contribution >= 0.6 is 12.6 Å². The Morgan fingerprint density at radius 1 is 1.75 bits per heavy atom. The van der Waals surface area contributed by atoms with Gasteiger partial charge in [0.05, 0.1) is 5.75 Å². The average molecular weight is 188 g/mol. The van der Waals surface area contributed by atoms with E-state index in [4.69, 9.17) is 0 Å². The highest BCUT2D eigenvalue weighted by Gasteiger charge is 1.96. The highest BCUT2D eigenvalue weighted by Crippen LogP contribution is 1.88. The fraction of sp³-hybridized carbons (Fsp3) is 0.250. The molecule has 0 saturated heterocycles. The second-order valence-electron chi connectivity index (χ2n) is 1.54. The van der Waals surface area contributed by atoms with Crippen LogP contribution in [-0.2, 0) is 4.79 Å². The lowest BCUT2D eigenvalue weighted by molar-refractivity contribution is -0.117. The lowest BCUT2D eigenvalue weighted by Gasteiger charge is -1.99. The summed E-state index contributed by atoms with van der Waals surface area (Å²) in [7, 11) is 0. The normalized spacial score (nSPS) is 9.33. The number of rotatable bonds is 3. The van der Waals surface area contributed by atoms with Crippen molar-refractivity contribution < 1.29 is 6.22 Å². The van der Waals surface area contributed by atoms with Gasteiger partial charge in [0.25, 0.3) is 0 Å². The SMILES string of the molecule is C=C.C=N/C(=C\C)NC(=O)CS.[HH]. The summed E-state index contributed by atoms with van der Waals surface area (Å²) >= 11 is 3.77. The predicted molar refractivity (Wildman–Crippen MR) is 58.7 cm³/mol. The number of hydrogen-bond acceptors (Lipinski definition) is 3. The molecule has 1 N–H and O–H groups in total. The largest absolute Gasteiger partial charge is 0.310 e. The van der Waals surface area contributed by atoms with Gasteiger partial charge >= 0.3 is 0 Å². The van der Waals surface area contributed by atoms with E-state index in [1.807, 2.05) is 0 Å². The van der Waals surface area contributed by atoms with Gasteiger partial charge in [0.2, 0.25) is 5.91 Å². The van der Waals surface area contributed by atoms with E-state index in [9.17, 15) is 4.79 Å². The van der Waals surface area contributed by atoms with Crippen LogP contribution in [0.4, 0.5) is 0 Å². The van der Waals surface area contributed by atoms with Crippen LogP contribution < -0.4 is 5.32 Å². The molecule has 0 fully saturated rings. The summed E-state index contributed by atoms with van der Waals surface area (Å²) in [5, 5.41) is 2.48. The van der Waals surface area contributed by atoms with Gasteiger partial charge in [-0.1, -0.05) is 0 Å². The van der Waals surface area contributed by atoms with Gasteiger partial charge < -0.3 is 5.32 Å². The molecule has 0 aliphatic carbocycles. The van der Waals surface area contributed by atoms with Gasteiger partial charge in [-0.05, 0) is 19.7 Å². The number of amides is 1. The Morgan fingerprint density at radius 2 is 2.25 bits per heavy atom. The third-order valence-electron chi connectivity index (χ3n) is 0.855. The Labute approximate surface area is 80.2 Å². The monoisotopic (exact) mass is 188 g/mol. The van der Waals surface area contributed by atoms with Crippen molar-refractivity contribution in [1.29, 1.82) is 0 Å². The van der Waals surface area contributed by atoms with Crippen molar-refractivity contribution in [3.8, 4) is 0 Å². The van der Waals surface area contributed by atoms with E-state index >= 15 is 0 Å². The molecule has 1 amide bonds. The van der Waals surface area contributed by atoms with Gasteiger partial charge in [-0.25, -0.2) is 4.99 Å². The summed E-state index contributed by atoms with van der Waals surface area (Å²) in [6.45, 7) is 11.0. The van der Waals surface area contributed by atoms with Crippen molar-refractivity contribution in [2.24, 2.45) is 4.99 Å². The Morgan fingerprint density at radius 3 is 2.50 bits per heavy atom. The standard InChI is InChI=1S/C6H10N2OS.C2H4.H2/c1-3-5(7-2)8-6(9)4-10;1-2;/h3,10H,2,4H2,1H3,(H,8,9);1-2H2;1H/b5-3+;;. The molecular weight excluding hydrogens is 172 g/mol. The average Bonchev–Trinajstić information content (AvgIpc) is 2.16. The first-order valence-electron chi connectivity index (χ1n) is 3.28. The van der Waals surface area contributed by atoms with Crippen LogP contribution in [0.1, 0.15) is 8.35 Å². The minimum absolute atomic E-state index is 0. The number of aliphatic imine (C=N–C) groups is 1. The highest BCUT2D eigenvalue weighted by atomic mass is 32.1. The molecule has 0 saturated carbocycles. The molecule has 3 nitrogen and oxygen atoms in total. The molecule has 0 aromatic carbocycles. The molecular formula is C8H16N2OS. The molecule has 0 aliphatic heterocycles. The fourth-order valence-corrected chi connectivity index (χ4v) is 0.464. The number of nitrogens with zero attached hydrogens (tertiary/aromatic N) is 1. The quantitative estimate of drug-likeness (QED) is 0.394. The van der Waals surface area contributed by atoms with Crippen molar-refractivity contribution in [3.63, 3.8) is 0 Å². The van der Waals surface area contributed by atoms with Crippen LogP contribution in [-0.4, -0.2) is 18.4 Å². The van der Waals surface area contributed by atoms with E-state index in [2.05, 4.69) is 42.8 Å². The number of nitrogens with one attached hydrogen (secondary N) is 1. The molecule has 0 radical (unpaired) electrons. The van der Waals surface area contributed by atoms with Crippen LogP contribution in [0.3, 0.4) is 0 Å². The first-order valence-corrected chi connectivity index (χ1v) is 3.91. The predicted octanol–water partition coefficient (Wildman–Crippen LogP) is 1.64. The maximum Gasteiger partial charge on any atom is 0.235 e. The van der Waals surface area contributed by atoms with Gasteiger partial charge in [-0.15, -0.1) is 13.2 Å². The topological polar surface area (TPSA) is 41.5 Å². The lowest BCUT2D eigenvalue weighted by Crippen LogP contribution is -2.22. The molecule has 0 spiro atoms. The van der Waals surface area contributed by atoms with E-state index in [0.29, 0.717) is 5.82 Å². The lowest BCUT2D eigenvalue weighted by atomic mass is 10.5. The smallest absolute Gasteiger partial charge is 0.235 e. The molecule has 0 rings (SSSR count). The van der Waals surface area contributed by atoms with Crippen LogP contribution in [0.5, 0.6) is 0 Å². The highest BCUT2D eigenvalue weighted by molar-refractivity contribution is 7.81. The van der Waals surface area contributed by atoms with Crippen molar-refractivity contribution in [2.45, 2.75) is 6.92 Å². The second-order valence-corrected chi connectivity index (χ2v) is 1.85. The second kappa shape index (κ2) is 9.97. The molecule has 12 heavy (non-hydrogen) atoms. The van der Waals surface area contributed by atoms with Gasteiger partial charge in [0, 0.05) is 1.43 Å². The summed E-state index contributed by atoms with van der Waals surface area (Å²) in [5.74, 6) is 0.454. The molecule has 0 aromatic rings. The maximum atomic E-state index is 10.6. The van der Waals surface area contributed by atoms with Gasteiger partial charge in [0.15, 0.2) is 0 Å². The molecule has 70 valence electrons. The van der Waals surface area contributed by atoms with Gasteiger partial charge in [0.1, 0.15) is 5.82 Å². The zero-order valence-corrected chi connectivity index (χ0v) is 8.10. The number of thiol groups is 1. The summed E-state index contributed by atoms with van der Waals surface area (Å²) in [6.07, 6.45) is 1.66. The van der Waals surface area contributed by atoms with E-state index in [1.54, 1.807) is 13.0 Å². The van der Waals surface area contributed by atoms with Crippen LogP contribution in [0, 0.1) is 0 Å². The number of carbonyl (C=O) groups excluding carboxylic acids is 1. The molecule has 0 aliphatic rings.